The second kappa shape index (κ2) is 8.94. The first-order chi connectivity index (χ1) is 18.5. The predicted molar refractivity (Wildman–Crippen MR) is 144 cm³/mol. The van der Waals surface area contributed by atoms with Crippen LogP contribution in [0, 0.1) is 25.1 Å². The Hall–Kier alpha value is -5.36. The van der Waals surface area contributed by atoms with E-state index in [-0.39, 0.29) is 17.6 Å². The molecule has 6 rings (SSSR count). The zero-order valence-corrected chi connectivity index (χ0v) is 20.5. The molecule has 0 aliphatic rings. The van der Waals surface area contributed by atoms with Gasteiger partial charge in [-0.15, -0.1) is 6.42 Å². The summed E-state index contributed by atoms with van der Waals surface area (Å²) in [6.07, 6.45) is 10.4. The summed E-state index contributed by atoms with van der Waals surface area (Å²) in [6, 6.07) is 14.2. The highest BCUT2D eigenvalue weighted by molar-refractivity contribution is 6.11. The van der Waals surface area contributed by atoms with Crippen molar-refractivity contribution in [2.75, 3.05) is 5.73 Å². The Bertz CT molecular complexity index is 1920. The van der Waals surface area contributed by atoms with Gasteiger partial charge in [0.05, 0.1) is 11.1 Å². The molecule has 2 N–H and O–H groups in total. The zero-order valence-electron chi connectivity index (χ0n) is 20.5. The molecule has 0 saturated heterocycles. The summed E-state index contributed by atoms with van der Waals surface area (Å²) in [4.78, 5) is 21.5. The largest absolute Gasteiger partial charge is 0.421 e. The van der Waals surface area contributed by atoms with Crippen molar-refractivity contribution >= 4 is 27.6 Å². The number of nitrogen functional groups attached to an aromatic ring is 1. The van der Waals surface area contributed by atoms with Crippen molar-refractivity contribution in [1.29, 1.82) is 0 Å². The summed E-state index contributed by atoms with van der Waals surface area (Å²) in [5, 5.41) is 2.33. The molecular formula is C29H20FN7O. The molecule has 0 aliphatic carbocycles. The van der Waals surface area contributed by atoms with Crippen LogP contribution in [0.15, 0.2) is 67.3 Å². The van der Waals surface area contributed by atoms with Crippen molar-refractivity contribution < 1.29 is 9.13 Å². The van der Waals surface area contributed by atoms with Gasteiger partial charge in [-0.2, -0.15) is 0 Å². The molecule has 0 amide bonds. The van der Waals surface area contributed by atoms with Gasteiger partial charge in [-0.1, -0.05) is 30.3 Å². The third-order valence-corrected chi connectivity index (χ3v) is 6.38. The Balaban J connectivity index is 1.60. The fourth-order valence-corrected chi connectivity index (χ4v) is 4.68. The maximum atomic E-state index is 15.4. The lowest BCUT2D eigenvalue weighted by atomic mass is 9.96. The number of hydrogen-bond donors (Lipinski definition) is 1. The average molecular weight is 502 g/mol. The van der Waals surface area contributed by atoms with Crippen LogP contribution < -0.4 is 10.5 Å². The van der Waals surface area contributed by atoms with Crippen LogP contribution in [-0.2, 0) is 7.05 Å². The minimum Gasteiger partial charge on any atom is -0.421 e. The molecule has 38 heavy (non-hydrogen) atoms. The van der Waals surface area contributed by atoms with E-state index in [1.807, 2.05) is 35.9 Å². The first kappa shape index (κ1) is 23.1. The van der Waals surface area contributed by atoms with Crippen LogP contribution in [0.4, 0.5) is 10.2 Å². The summed E-state index contributed by atoms with van der Waals surface area (Å²) in [6.45, 7) is 1.80. The number of hydrogen-bond acceptors (Lipinski definition) is 7. The van der Waals surface area contributed by atoms with Crippen molar-refractivity contribution in [2.24, 2.45) is 7.05 Å². The lowest BCUT2D eigenvalue weighted by Gasteiger charge is -2.13. The molecule has 0 bridgehead atoms. The second-order valence-corrected chi connectivity index (χ2v) is 8.68. The van der Waals surface area contributed by atoms with Crippen molar-refractivity contribution in [3.63, 3.8) is 0 Å². The number of nitrogens with zero attached hydrogens (tertiary/aromatic N) is 6. The van der Waals surface area contributed by atoms with Crippen molar-refractivity contribution in [3.05, 3.63) is 84.5 Å². The number of nitrogens with two attached hydrogens (primary N) is 1. The number of pyridine rings is 1. The van der Waals surface area contributed by atoms with E-state index in [0.717, 1.165) is 22.0 Å². The number of fused-ring (bicyclic) bond motifs is 2. The molecule has 0 spiro atoms. The fourth-order valence-electron chi connectivity index (χ4n) is 4.68. The van der Waals surface area contributed by atoms with Gasteiger partial charge in [-0.05, 0) is 42.0 Å². The van der Waals surface area contributed by atoms with Gasteiger partial charge in [0.2, 0.25) is 0 Å². The number of terminal acetylenes is 1. The Morgan fingerprint density at radius 3 is 2.61 bits per heavy atom. The van der Waals surface area contributed by atoms with Crippen LogP contribution >= 0.6 is 0 Å². The normalized spacial score (nSPS) is 11.1. The maximum absolute atomic E-state index is 15.4. The van der Waals surface area contributed by atoms with Gasteiger partial charge in [0.1, 0.15) is 23.5 Å². The Labute approximate surface area is 217 Å². The summed E-state index contributed by atoms with van der Waals surface area (Å²) >= 11 is 0. The number of benzene rings is 2. The molecule has 4 aromatic heterocycles. The summed E-state index contributed by atoms with van der Waals surface area (Å²) in [5.41, 5.74) is 11.0. The SMILES string of the molecule is C#Cc1ncc(-c2c(-c3ccc(Oc4nccc(C)n4)c(F)c3)c3c(N)ncnc3n2C)c2ccccc12. The van der Waals surface area contributed by atoms with E-state index in [1.54, 1.807) is 31.5 Å². The molecule has 6 aromatic rings. The Morgan fingerprint density at radius 2 is 1.84 bits per heavy atom. The highest BCUT2D eigenvalue weighted by Gasteiger charge is 2.24. The van der Waals surface area contributed by atoms with Gasteiger partial charge < -0.3 is 15.0 Å². The number of ether oxygens (including phenoxy) is 1. The Kier molecular flexibility index (Phi) is 5.43. The summed E-state index contributed by atoms with van der Waals surface area (Å²) in [5.74, 6) is 2.33. The molecule has 0 aliphatic heterocycles. The molecule has 184 valence electrons. The molecule has 4 heterocycles. The number of aryl methyl sites for hydroxylation is 2. The van der Waals surface area contributed by atoms with E-state index in [2.05, 4.69) is 30.8 Å². The van der Waals surface area contributed by atoms with Crippen molar-refractivity contribution in [3.8, 4) is 46.5 Å². The lowest BCUT2D eigenvalue weighted by Crippen LogP contribution is -1.98. The standard InChI is InChI=1S/C29H20FN7O/c1-4-22-19-8-6-5-7-18(19)20(14-33-22)26-24(25-27(31)34-15-35-28(25)37(26)3)17-9-10-23(21(30)13-17)38-29-32-12-11-16(2)36-29/h1,5-15H,2-3H3,(H2,31,34,35). The predicted octanol–water partition coefficient (Wildman–Crippen LogP) is 5.44. The van der Waals surface area contributed by atoms with E-state index in [9.17, 15) is 0 Å². The second-order valence-electron chi connectivity index (χ2n) is 8.68. The van der Waals surface area contributed by atoms with Crippen LogP contribution in [-0.4, -0.2) is 29.5 Å². The quantitative estimate of drug-likeness (QED) is 0.321. The Morgan fingerprint density at radius 1 is 1.03 bits per heavy atom. The fraction of sp³-hybridized carbons (Fsp3) is 0.0690. The average Bonchev–Trinajstić information content (AvgIpc) is 3.22. The van der Waals surface area contributed by atoms with Crippen LogP contribution in [0.3, 0.4) is 0 Å². The van der Waals surface area contributed by atoms with Crippen LogP contribution in [0.25, 0.3) is 44.2 Å². The van der Waals surface area contributed by atoms with Crippen LogP contribution in [0.1, 0.15) is 11.4 Å². The molecule has 0 fully saturated rings. The molecule has 0 atom stereocenters. The van der Waals surface area contributed by atoms with E-state index in [1.165, 1.54) is 18.5 Å². The van der Waals surface area contributed by atoms with Crippen molar-refractivity contribution in [1.82, 2.24) is 29.5 Å². The summed E-state index contributed by atoms with van der Waals surface area (Å²) in [7, 11) is 1.88. The monoisotopic (exact) mass is 501 g/mol. The van der Waals surface area contributed by atoms with E-state index in [4.69, 9.17) is 16.9 Å². The minimum absolute atomic E-state index is 0.00384. The molecule has 9 heteroatoms. The topological polar surface area (TPSA) is 105 Å². The smallest absolute Gasteiger partial charge is 0.322 e. The lowest BCUT2D eigenvalue weighted by molar-refractivity contribution is 0.410. The maximum Gasteiger partial charge on any atom is 0.322 e. The van der Waals surface area contributed by atoms with Gasteiger partial charge in [-0.3, -0.25) is 0 Å². The molecule has 0 radical (unpaired) electrons. The highest BCUT2D eigenvalue weighted by Crippen LogP contribution is 2.44. The number of aromatic nitrogens is 6. The first-order valence-electron chi connectivity index (χ1n) is 11.7. The van der Waals surface area contributed by atoms with Gasteiger partial charge in [0.25, 0.3) is 0 Å². The number of halogens is 1. The first-order valence-corrected chi connectivity index (χ1v) is 11.7. The van der Waals surface area contributed by atoms with Crippen LogP contribution in [0.2, 0.25) is 0 Å². The third kappa shape index (κ3) is 3.67. The van der Waals surface area contributed by atoms with E-state index in [0.29, 0.717) is 33.5 Å². The van der Waals surface area contributed by atoms with Gasteiger partial charge in [0.15, 0.2) is 11.6 Å². The zero-order chi connectivity index (χ0) is 26.4. The van der Waals surface area contributed by atoms with Crippen molar-refractivity contribution in [2.45, 2.75) is 6.92 Å². The number of anilines is 1. The highest BCUT2D eigenvalue weighted by atomic mass is 19.1. The van der Waals surface area contributed by atoms with E-state index >= 15 is 4.39 Å². The minimum atomic E-state index is -0.586. The van der Waals surface area contributed by atoms with Gasteiger partial charge >= 0.3 is 6.01 Å². The number of rotatable bonds is 4. The third-order valence-electron chi connectivity index (χ3n) is 6.38. The molecule has 0 saturated carbocycles. The van der Waals surface area contributed by atoms with Gasteiger partial charge in [0, 0.05) is 41.6 Å². The van der Waals surface area contributed by atoms with E-state index < -0.39 is 5.82 Å². The molecule has 0 unspecified atom stereocenters. The molecule has 2 aromatic carbocycles. The summed E-state index contributed by atoms with van der Waals surface area (Å²) < 4.78 is 23.0. The molecule has 8 nitrogen and oxygen atoms in total. The van der Waals surface area contributed by atoms with Crippen LogP contribution in [0.5, 0.6) is 11.8 Å². The molecular weight excluding hydrogens is 481 g/mol. The van der Waals surface area contributed by atoms with Gasteiger partial charge in [-0.25, -0.2) is 29.3 Å².